The summed E-state index contributed by atoms with van der Waals surface area (Å²) in [4.78, 5) is 23.0. The highest BCUT2D eigenvalue weighted by molar-refractivity contribution is 7.14. The molecule has 11 heteroatoms. The van der Waals surface area contributed by atoms with Gasteiger partial charge in [-0.1, -0.05) is 76.5 Å². The standard InChI is InChI=1S/C13H10Cl3N3O4S/c14-13(15,16)6-23-12(22)17-8(11(20)21)10-19-18-9(24-10)7-4-2-1-3-5-7/h1-5,8H,6H2,(H,17,22)(H,20,21). The van der Waals surface area contributed by atoms with Crippen LogP contribution >= 0.6 is 46.1 Å². The molecule has 0 spiro atoms. The first-order chi connectivity index (χ1) is 11.3. The molecular weight excluding hydrogens is 401 g/mol. The first-order valence-corrected chi connectivity index (χ1v) is 8.33. The number of alkyl carbamates (subject to hydrolysis) is 1. The Morgan fingerprint density at radius 2 is 1.92 bits per heavy atom. The molecule has 0 aliphatic carbocycles. The number of carboxylic acid groups (broad SMARTS) is 1. The largest absolute Gasteiger partial charge is 0.479 e. The molecule has 0 aliphatic rings. The fraction of sp³-hybridized carbons (Fsp3) is 0.231. The van der Waals surface area contributed by atoms with E-state index >= 15 is 0 Å². The molecule has 0 bridgehead atoms. The van der Waals surface area contributed by atoms with E-state index in [0.29, 0.717) is 5.01 Å². The molecule has 0 saturated carbocycles. The maximum atomic E-state index is 11.6. The smallest absolute Gasteiger partial charge is 0.408 e. The van der Waals surface area contributed by atoms with Gasteiger partial charge in [-0.25, -0.2) is 9.59 Å². The Hall–Kier alpha value is -1.61. The topological polar surface area (TPSA) is 101 Å². The second-order valence-electron chi connectivity index (χ2n) is 4.42. The maximum absolute atomic E-state index is 11.6. The number of halogens is 3. The number of alkyl halides is 3. The number of carboxylic acids is 1. The lowest BCUT2D eigenvalue weighted by Crippen LogP contribution is -2.35. The lowest BCUT2D eigenvalue weighted by atomic mass is 10.2. The van der Waals surface area contributed by atoms with Gasteiger partial charge in [-0.05, 0) is 0 Å². The van der Waals surface area contributed by atoms with E-state index in [1.54, 1.807) is 0 Å². The number of nitrogens with one attached hydrogen (secondary N) is 1. The number of hydrogen-bond acceptors (Lipinski definition) is 6. The Labute approximate surface area is 155 Å². The molecule has 2 aromatic rings. The van der Waals surface area contributed by atoms with E-state index in [1.165, 1.54) is 0 Å². The third-order valence-electron chi connectivity index (χ3n) is 2.58. The highest BCUT2D eigenvalue weighted by atomic mass is 35.6. The van der Waals surface area contributed by atoms with Gasteiger partial charge < -0.3 is 15.2 Å². The maximum Gasteiger partial charge on any atom is 0.408 e. The number of nitrogens with zero attached hydrogens (tertiary/aromatic N) is 2. The van der Waals surface area contributed by atoms with Gasteiger partial charge in [0.25, 0.3) is 0 Å². The van der Waals surface area contributed by atoms with E-state index in [1.807, 2.05) is 30.3 Å². The number of carbonyl (C=O) groups is 2. The van der Waals surface area contributed by atoms with Gasteiger partial charge in [0.1, 0.15) is 11.6 Å². The summed E-state index contributed by atoms with van der Waals surface area (Å²) in [6.07, 6.45) is -1.05. The van der Waals surface area contributed by atoms with Crippen LogP contribution in [0, 0.1) is 0 Å². The molecule has 0 saturated heterocycles. The number of hydrogen-bond donors (Lipinski definition) is 2. The van der Waals surface area contributed by atoms with Gasteiger partial charge in [-0.15, -0.1) is 10.2 Å². The quantitative estimate of drug-likeness (QED) is 0.732. The molecular formula is C13H10Cl3N3O4S. The van der Waals surface area contributed by atoms with E-state index in [0.717, 1.165) is 16.9 Å². The second kappa shape index (κ2) is 7.98. The summed E-state index contributed by atoms with van der Waals surface area (Å²) < 4.78 is 2.85. The number of amides is 1. The van der Waals surface area contributed by atoms with Crippen LogP contribution in [-0.2, 0) is 9.53 Å². The second-order valence-corrected chi connectivity index (χ2v) is 7.94. The van der Waals surface area contributed by atoms with Gasteiger partial charge in [0.2, 0.25) is 3.79 Å². The third kappa shape index (κ3) is 5.48. The van der Waals surface area contributed by atoms with Gasteiger partial charge in [0.05, 0.1) is 0 Å². The number of carbonyl (C=O) groups excluding carboxylic acids is 1. The highest BCUT2D eigenvalue weighted by Crippen LogP contribution is 2.28. The normalized spacial score (nSPS) is 12.5. The number of aliphatic carboxylic acids is 1. The molecule has 1 aromatic carbocycles. The molecule has 1 heterocycles. The van der Waals surface area contributed by atoms with Crippen molar-refractivity contribution in [2.75, 3.05) is 6.61 Å². The summed E-state index contributed by atoms with van der Waals surface area (Å²) in [5, 5.41) is 19.8. The highest BCUT2D eigenvalue weighted by Gasteiger charge is 2.29. The molecule has 0 radical (unpaired) electrons. The van der Waals surface area contributed by atoms with Crippen molar-refractivity contribution in [1.29, 1.82) is 0 Å². The van der Waals surface area contributed by atoms with Crippen molar-refractivity contribution in [2.45, 2.75) is 9.83 Å². The van der Waals surface area contributed by atoms with Gasteiger partial charge >= 0.3 is 12.1 Å². The van der Waals surface area contributed by atoms with Crippen molar-refractivity contribution in [3.8, 4) is 10.6 Å². The average molecular weight is 411 g/mol. The summed E-state index contributed by atoms with van der Waals surface area (Å²) in [6.45, 7) is -0.527. The van der Waals surface area contributed by atoms with Crippen LogP contribution in [0.4, 0.5) is 4.79 Å². The van der Waals surface area contributed by atoms with E-state index in [9.17, 15) is 14.7 Å². The van der Waals surface area contributed by atoms with Crippen molar-refractivity contribution in [3.63, 3.8) is 0 Å². The predicted octanol–water partition coefficient (Wildman–Crippen LogP) is 3.43. The zero-order chi connectivity index (χ0) is 17.7. The zero-order valence-corrected chi connectivity index (χ0v) is 14.9. The number of benzene rings is 1. The van der Waals surface area contributed by atoms with E-state index in [2.05, 4.69) is 20.3 Å². The molecule has 1 atom stereocenters. The molecule has 1 unspecified atom stereocenters. The predicted molar refractivity (Wildman–Crippen MR) is 90.5 cm³/mol. The molecule has 1 aromatic heterocycles. The van der Waals surface area contributed by atoms with Crippen molar-refractivity contribution in [3.05, 3.63) is 35.3 Å². The first-order valence-electron chi connectivity index (χ1n) is 6.38. The lowest BCUT2D eigenvalue weighted by molar-refractivity contribution is -0.139. The third-order valence-corrected chi connectivity index (χ3v) is 3.95. The molecule has 0 aliphatic heterocycles. The molecule has 7 nitrogen and oxygen atoms in total. The minimum Gasteiger partial charge on any atom is -0.479 e. The van der Waals surface area contributed by atoms with Crippen molar-refractivity contribution >= 4 is 58.2 Å². The SMILES string of the molecule is O=C(NC(C(=O)O)c1nnc(-c2ccccc2)s1)OCC(Cl)(Cl)Cl. The Balaban J connectivity index is 2.10. The number of rotatable bonds is 5. The Morgan fingerprint density at radius 1 is 1.25 bits per heavy atom. The summed E-state index contributed by atoms with van der Waals surface area (Å²) in [6, 6.07) is 7.66. The number of aromatic nitrogens is 2. The lowest BCUT2D eigenvalue weighted by Gasteiger charge is -2.14. The number of ether oxygens (including phenoxy) is 1. The van der Waals surface area contributed by atoms with Crippen LogP contribution in [0.3, 0.4) is 0 Å². The van der Waals surface area contributed by atoms with Crippen molar-refractivity contribution in [1.82, 2.24) is 15.5 Å². The summed E-state index contributed by atoms with van der Waals surface area (Å²) in [5.74, 6) is -1.32. The average Bonchev–Trinajstić information content (AvgIpc) is 3.00. The fourth-order valence-electron chi connectivity index (χ4n) is 1.58. The monoisotopic (exact) mass is 409 g/mol. The Kier molecular flexibility index (Phi) is 6.22. The van der Waals surface area contributed by atoms with E-state index < -0.39 is 28.5 Å². The van der Waals surface area contributed by atoms with Crippen molar-refractivity contribution < 1.29 is 19.4 Å². The Bertz CT molecular complexity index is 721. The molecule has 24 heavy (non-hydrogen) atoms. The van der Waals surface area contributed by atoms with Crippen LogP contribution in [0.25, 0.3) is 10.6 Å². The van der Waals surface area contributed by atoms with Crippen LogP contribution in [0.1, 0.15) is 11.0 Å². The van der Waals surface area contributed by atoms with E-state index in [-0.39, 0.29) is 5.01 Å². The minimum absolute atomic E-state index is 0.0900. The molecule has 0 fully saturated rings. The summed E-state index contributed by atoms with van der Waals surface area (Å²) >= 11 is 17.4. The van der Waals surface area contributed by atoms with Gasteiger partial charge in [0, 0.05) is 5.56 Å². The summed E-state index contributed by atoms with van der Waals surface area (Å²) in [5.41, 5.74) is 0.782. The molecule has 2 N–H and O–H groups in total. The zero-order valence-electron chi connectivity index (χ0n) is 11.8. The molecule has 2 rings (SSSR count). The first kappa shape index (κ1) is 18.7. The fourth-order valence-corrected chi connectivity index (χ4v) is 2.64. The van der Waals surface area contributed by atoms with Crippen LogP contribution in [0.2, 0.25) is 0 Å². The van der Waals surface area contributed by atoms with E-state index in [4.69, 9.17) is 34.8 Å². The van der Waals surface area contributed by atoms with Crippen LogP contribution in [0.15, 0.2) is 30.3 Å². The van der Waals surface area contributed by atoms with Crippen LogP contribution in [-0.4, -0.2) is 37.8 Å². The minimum atomic E-state index is -1.79. The van der Waals surface area contributed by atoms with Crippen LogP contribution < -0.4 is 5.32 Å². The van der Waals surface area contributed by atoms with Gasteiger partial charge in [-0.2, -0.15) is 0 Å². The summed E-state index contributed by atoms with van der Waals surface area (Å²) in [7, 11) is 0. The van der Waals surface area contributed by atoms with Gasteiger partial charge in [0.15, 0.2) is 11.0 Å². The van der Waals surface area contributed by atoms with Crippen LogP contribution in [0.5, 0.6) is 0 Å². The Morgan fingerprint density at radius 3 is 2.50 bits per heavy atom. The van der Waals surface area contributed by atoms with Crippen molar-refractivity contribution in [2.24, 2.45) is 0 Å². The molecule has 128 valence electrons. The molecule has 1 amide bonds. The van der Waals surface area contributed by atoms with Gasteiger partial charge in [-0.3, -0.25) is 0 Å².